The van der Waals surface area contributed by atoms with Gasteiger partial charge in [-0.1, -0.05) is 0 Å². The lowest BCUT2D eigenvalue weighted by Crippen LogP contribution is -2.46. The Hall–Kier alpha value is -0.650. The van der Waals surface area contributed by atoms with Crippen molar-refractivity contribution in [1.82, 2.24) is 10.2 Å². The maximum atomic E-state index is 9.60. The molecule has 5 nitrogen and oxygen atoms in total. The van der Waals surface area contributed by atoms with Gasteiger partial charge in [0.25, 0.3) is 6.47 Å². The Morgan fingerprint density at radius 1 is 1.19 bits per heavy atom. The van der Waals surface area contributed by atoms with E-state index in [-0.39, 0.29) is 5.60 Å². The average Bonchev–Trinajstić information content (AvgIpc) is 2.42. The van der Waals surface area contributed by atoms with Crippen LogP contribution < -0.4 is 11.1 Å². The summed E-state index contributed by atoms with van der Waals surface area (Å²) < 4.78 is 4.55. The zero-order valence-electron chi connectivity index (χ0n) is 13.9. The Balaban J connectivity index is 0.000000270. The summed E-state index contributed by atoms with van der Waals surface area (Å²) >= 11 is 0. The predicted octanol–water partition coefficient (Wildman–Crippen LogP) is 1.37. The van der Waals surface area contributed by atoms with E-state index < -0.39 is 0 Å². The molecule has 1 aliphatic carbocycles. The number of piperazine rings is 1. The molecule has 1 aliphatic heterocycles. The lowest BCUT2D eigenvalue weighted by atomic mass is 9.86. The molecule has 0 atom stereocenters. The summed E-state index contributed by atoms with van der Waals surface area (Å²) in [5.41, 5.74) is 5.59. The fraction of sp³-hybridized carbons (Fsp3) is 0.938. The first-order valence-electron chi connectivity index (χ1n) is 8.21. The monoisotopic (exact) mass is 299 g/mol. The van der Waals surface area contributed by atoms with E-state index >= 15 is 0 Å². The molecule has 124 valence electrons. The van der Waals surface area contributed by atoms with Crippen LogP contribution in [-0.4, -0.2) is 55.7 Å². The number of nitrogens with zero attached hydrogens (tertiary/aromatic N) is 1. The second-order valence-electron chi connectivity index (χ2n) is 7.16. The number of hydrogen-bond donors (Lipinski definition) is 2. The van der Waals surface area contributed by atoms with Crippen molar-refractivity contribution in [3.8, 4) is 0 Å². The number of ether oxygens (including phenoxy) is 1. The van der Waals surface area contributed by atoms with Gasteiger partial charge in [-0.2, -0.15) is 0 Å². The Kier molecular flexibility index (Phi) is 8.22. The lowest BCUT2D eigenvalue weighted by molar-refractivity contribution is -0.138. The number of carbonyl (C=O) groups is 1. The zero-order valence-corrected chi connectivity index (χ0v) is 13.9. The van der Waals surface area contributed by atoms with Crippen LogP contribution in [-0.2, 0) is 9.53 Å². The average molecular weight is 299 g/mol. The summed E-state index contributed by atoms with van der Waals surface area (Å²) in [5.74, 6) is 0.924. The van der Waals surface area contributed by atoms with Crippen LogP contribution >= 0.6 is 0 Å². The smallest absolute Gasteiger partial charge is 0.293 e. The van der Waals surface area contributed by atoms with Crippen LogP contribution in [0, 0.1) is 5.92 Å². The Morgan fingerprint density at radius 2 is 1.76 bits per heavy atom. The van der Waals surface area contributed by atoms with Crippen LogP contribution in [0.15, 0.2) is 0 Å². The minimum absolute atomic E-state index is 0.318. The molecule has 0 spiro atoms. The van der Waals surface area contributed by atoms with Gasteiger partial charge in [-0.3, -0.25) is 4.79 Å². The van der Waals surface area contributed by atoms with E-state index in [9.17, 15) is 4.79 Å². The zero-order chi connectivity index (χ0) is 15.7. The molecule has 0 unspecified atom stereocenters. The summed E-state index contributed by atoms with van der Waals surface area (Å²) in [4.78, 5) is 12.2. The Bertz CT molecular complexity index is 278. The minimum atomic E-state index is -0.318. The van der Waals surface area contributed by atoms with Crippen LogP contribution in [0.25, 0.3) is 0 Å². The maximum absolute atomic E-state index is 9.60. The van der Waals surface area contributed by atoms with Gasteiger partial charge in [0.2, 0.25) is 0 Å². The van der Waals surface area contributed by atoms with Gasteiger partial charge in [0.1, 0.15) is 5.60 Å². The molecule has 1 heterocycles. The van der Waals surface area contributed by atoms with E-state index in [0.29, 0.717) is 12.5 Å². The molecule has 2 aliphatic rings. The van der Waals surface area contributed by atoms with Crippen molar-refractivity contribution in [2.24, 2.45) is 11.7 Å². The van der Waals surface area contributed by atoms with Gasteiger partial charge < -0.3 is 20.7 Å². The van der Waals surface area contributed by atoms with Crippen molar-refractivity contribution in [3.63, 3.8) is 0 Å². The van der Waals surface area contributed by atoms with Crippen LogP contribution in [0.2, 0.25) is 0 Å². The van der Waals surface area contributed by atoms with Crippen molar-refractivity contribution in [3.05, 3.63) is 0 Å². The molecule has 0 aromatic rings. The first-order valence-corrected chi connectivity index (χ1v) is 8.21. The third-order valence-corrected chi connectivity index (χ3v) is 4.02. The molecule has 0 aromatic heterocycles. The normalized spacial score (nSPS) is 27.4. The van der Waals surface area contributed by atoms with Gasteiger partial charge in [0.15, 0.2) is 0 Å². The Labute approximate surface area is 129 Å². The molecule has 0 amide bonds. The third-order valence-electron chi connectivity index (χ3n) is 4.02. The predicted molar refractivity (Wildman–Crippen MR) is 86.1 cm³/mol. The van der Waals surface area contributed by atoms with Gasteiger partial charge in [-0.05, 0) is 52.4 Å². The summed E-state index contributed by atoms with van der Waals surface area (Å²) in [6, 6.07) is 0.495. The SMILES string of the molecule is CC(C)(C)OC=O.N[C@H]1CC[C@H](CN2CCNCC2)CC1. The topological polar surface area (TPSA) is 67.6 Å². The Morgan fingerprint density at radius 3 is 2.19 bits per heavy atom. The highest BCUT2D eigenvalue weighted by atomic mass is 16.5. The molecule has 0 aromatic carbocycles. The van der Waals surface area contributed by atoms with E-state index in [4.69, 9.17) is 5.73 Å². The molecule has 5 heteroatoms. The van der Waals surface area contributed by atoms with E-state index in [0.717, 1.165) is 5.92 Å². The number of hydrogen-bond acceptors (Lipinski definition) is 5. The summed E-state index contributed by atoms with van der Waals surface area (Å²) in [6.07, 6.45) is 5.20. The largest absolute Gasteiger partial charge is 0.462 e. The van der Waals surface area contributed by atoms with Crippen molar-refractivity contribution < 1.29 is 9.53 Å². The summed E-state index contributed by atoms with van der Waals surface area (Å²) in [7, 11) is 0. The van der Waals surface area contributed by atoms with Gasteiger partial charge in [-0.15, -0.1) is 0 Å². The van der Waals surface area contributed by atoms with Gasteiger partial charge in [0, 0.05) is 38.8 Å². The van der Waals surface area contributed by atoms with Crippen LogP contribution in [0.3, 0.4) is 0 Å². The van der Waals surface area contributed by atoms with Crippen molar-refractivity contribution >= 4 is 6.47 Å². The highest BCUT2D eigenvalue weighted by Crippen LogP contribution is 2.23. The number of rotatable bonds is 3. The molecule has 3 N–H and O–H groups in total. The lowest BCUT2D eigenvalue weighted by Gasteiger charge is -2.33. The van der Waals surface area contributed by atoms with Crippen molar-refractivity contribution in [2.45, 2.75) is 58.1 Å². The van der Waals surface area contributed by atoms with E-state index in [1.807, 2.05) is 20.8 Å². The molecule has 21 heavy (non-hydrogen) atoms. The van der Waals surface area contributed by atoms with Crippen LogP contribution in [0.1, 0.15) is 46.5 Å². The summed E-state index contributed by atoms with van der Waals surface area (Å²) in [5, 5.41) is 3.40. The van der Waals surface area contributed by atoms with Crippen molar-refractivity contribution in [1.29, 1.82) is 0 Å². The highest BCUT2D eigenvalue weighted by Gasteiger charge is 2.21. The fourth-order valence-electron chi connectivity index (χ4n) is 2.77. The molecular formula is C16H33N3O2. The molecule has 2 rings (SSSR count). The maximum Gasteiger partial charge on any atom is 0.293 e. The minimum Gasteiger partial charge on any atom is -0.462 e. The fourth-order valence-corrected chi connectivity index (χ4v) is 2.77. The molecular weight excluding hydrogens is 266 g/mol. The molecule has 2 fully saturated rings. The highest BCUT2D eigenvalue weighted by molar-refractivity contribution is 5.37. The standard InChI is InChI=1S/C11H23N3.C5H10O2/c12-11-3-1-10(2-4-11)9-14-7-5-13-6-8-14;1-5(2,3)7-4-6/h10-11,13H,1-9,12H2;4H,1-3H3/t10-,11-;. The molecule has 0 radical (unpaired) electrons. The molecule has 1 saturated heterocycles. The quantitative estimate of drug-likeness (QED) is 0.770. The van der Waals surface area contributed by atoms with Crippen LogP contribution in [0.5, 0.6) is 0 Å². The second kappa shape index (κ2) is 9.38. The molecule has 0 bridgehead atoms. The van der Waals surface area contributed by atoms with Gasteiger partial charge >= 0.3 is 0 Å². The van der Waals surface area contributed by atoms with Crippen molar-refractivity contribution in [2.75, 3.05) is 32.7 Å². The van der Waals surface area contributed by atoms with E-state index in [1.165, 1.54) is 58.4 Å². The first kappa shape index (κ1) is 18.4. The van der Waals surface area contributed by atoms with E-state index in [1.54, 1.807) is 0 Å². The van der Waals surface area contributed by atoms with Gasteiger partial charge in [0.05, 0.1) is 0 Å². The third kappa shape index (κ3) is 9.06. The van der Waals surface area contributed by atoms with Gasteiger partial charge in [-0.25, -0.2) is 0 Å². The van der Waals surface area contributed by atoms with Crippen LogP contribution in [0.4, 0.5) is 0 Å². The summed E-state index contributed by atoms with van der Waals surface area (Å²) in [6.45, 7) is 12.1. The second-order valence-corrected chi connectivity index (χ2v) is 7.16. The van der Waals surface area contributed by atoms with E-state index in [2.05, 4.69) is 15.0 Å². The molecule has 1 saturated carbocycles. The number of nitrogens with one attached hydrogen (secondary N) is 1. The first-order chi connectivity index (χ1) is 9.90. The number of carbonyl (C=O) groups excluding carboxylic acids is 1. The number of nitrogens with two attached hydrogens (primary N) is 1.